The molecule has 1 unspecified atom stereocenters. The summed E-state index contributed by atoms with van der Waals surface area (Å²) in [6.07, 6.45) is 6.68. The molecule has 9 heteroatoms. The molecule has 2 aliphatic rings. The molecule has 0 saturated heterocycles. The second kappa shape index (κ2) is 9.30. The Morgan fingerprint density at radius 2 is 1.65 bits per heavy atom. The van der Waals surface area contributed by atoms with Gasteiger partial charge in [-0.1, -0.05) is 18.2 Å². The summed E-state index contributed by atoms with van der Waals surface area (Å²) in [7, 11) is 4.30. The van der Waals surface area contributed by atoms with Gasteiger partial charge in [0.25, 0.3) is 0 Å². The van der Waals surface area contributed by atoms with Crippen LogP contribution in [0.2, 0.25) is 0 Å². The van der Waals surface area contributed by atoms with Crippen molar-refractivity contribution >= 4 is 29.1 Å². The molecule has 174 valence electrons. The maximum absolute atomic E-state index is 13.6. The van der Waals surface area contributed by atoms with Gasteiger partial charge in [-0.25, -0.2) is 9.18 Å². The van der Waals surface area contributed by atoms with E-state index in [1.165, 1.54) is 62.3 Å². The molecule has 0 fully saturated rings. The monoisotopic (exact) mass is 465 g/mol. The van der Waals surface area contributed by atoms with Crippen LogP contribution >= 0.6 is 0 Å². The number of carbonyl (C=O) groups excluding carboxylic acids is 3. The second-order valence-electron chi connectivity index (χ2n) is 7.50. The fourth-order valence-corrected chi connectivity index (χ4v) is 3.93. The molecule has 0 radical (unpaired) electrons. The van der Waals surface area contributed by atoms with Gasteiger partial charge in [-0.05, 0) is 30.3 Å². The van der Waals surface area contributed by atoms with Gasteiger partial charge >= 0.3 is 11.9 Å². The summed E-state index contributed by atoms with van der Waals surface area (Å²) < 4.78 is 30.6. The van der Waals surface area contributed by atoms with Crippen molar-refractivity contribution in [1.29, 1.82) is 0 Å². The van der Waals surface area contributed by atoms with Crippen LogP contribution in [-0.4, -0.2) is 55.9 Å². The molecule has 8 nitrogen and oxygen atoms in total. The van der Waals surface area contributed by atoms with Gasteiger partial charge < -0.3 is 14.2 Å². The Hall–Kier alpha value is -4.27. The van der Waals surface area contributed by atoms with Gasteiger partial charge in [0.15, 0.2) is 18.0 Å². The van der Waals surface area contributed by atoms with Gasteiger partial charge in [-0.2, -0.15) is 9.37 Å². The van der Waals surface area contributed by atoms with Gasteiger partial charge in [0, 0.05) is 17.7 Å². The smallest absolute Gasteiger partial charge is 0.493 e. The highest BCUT2D eigenvalue weighted by Crippen LogP contribution is 2.42. The lowest BCUT2D eigenvalue weighted by Gasteiger charge is -2.27. The fourth-order valence-electron chi connectivity index (χ4n) is 3.93. The van der Waals surface area contributed by atoms with Crippen molar-refractivity contribution in [2.24, 2.45) is 5.92 Å². The number of amides is 3. The summed E-state index contributed by atoms with van der Waals surface area (Å²) in [4.78, 5) is 40.9. The molecule has 2 aromatic rings. The first kappa shape index (κ1) is 22.9. The summed E-state index contributed by atoms with van der Waals surface area (Å²) >= 11 is 0. The molecule has 4 rings (SSSR count). The number of fused-ring (bicyclic) bond motifs is 1. The van der Waals surface area contributed by atoms with E-state index in [0.29, 0.717) is 11.5 Å². The largest absolute Gasteiger partial charge is 0.506 e. The maximum atomic E-state index is 13.6. The zero-order valence-electron chi connectivity index (χ0n) is 18.8. The number of benzene rings is 2. The van der Waals surface area contributed by atoms with E-state index >= 15 is 0 Å². The number of carbonyl (C=O) groups is 3. The van der Waals surface area contributed by atoms with E-state index < -0.39 is 29.5 Å². The number of hydrogen-bond donors (Lipinski definition) is 0. The van der Waals surface area contributed by atoms with E-state index in [4.69, 9.17) is 14.2 Å². The van der Waals surface area contributed by atoms with Crippen molar-refractivity contribution < 1.29 is 37.6 Å². The Labute approximate surface area is 195 Å². The SMILES string of the molecule is COc1cc(N2C(=O)C3C=CC=CC3=[N+](CC(=O)c3ccc(F)cc3)C2=O)cc(OC)c1OC. The lowest BCUT2D eigenvalue weighted by molar-refractivity contribution is -0.413. The van der Waals surface area contributed by atoms with Crippen LogP contribution in [0.3, 0.4) is 0 Å². The number of methoxy groups -OCH3 is 3. The van der Waals surface area contributed by atoms with E-state index in [2.05, 4.69) is 0 Å². The van der Waals surface area contributed by atoms with Crippen LogP contribution in [0.4, 0.5) is 14.9 Å². The number of urea groups is 1. The standard InChI is InChI=1S/C25H22FN2O6/c1-32-21-12-17(13-22(33-2)23(21)34-3)28-24(30)18-6-4-5-7-19(18)27(25(28)31)14-20(29)15-8-10-16(26)11-9-15/h4-13,18H,14H2,1-3H3/q+1. The van der Waals surface area contributed by atoms with Crippen LogP contribution in [-0.2, 0) is 4.79 Å². The van der Waals surface area contributed by atoms with Crippen molar-refractivity contribution in [2.45, 2.75) is 0 Å². The maximum Gasteiger partial charge on any atom is 0.506 e. The minimum atomic E-state index is -0.775. The normalized spacial score (nSPS) is 17.1. The van der Waals surface area contributed by atoms with Crippen LogP contribution in [0.15, 0.2) is 60.7 Å². The van der Waals surface area contributed by atoms with Crippen molar-refractivity contribution in [3.05, 3.63) is 72.1 Å². The third-order valence-corrected chi connectivity index (χ3v) is 5.60. The average Bonchev–Trinajstić information content (AvgIpc) is 2.86. The molecule has 1 atom stereocenters. The summed E-state index contributed by atoms with van der Waals surface area (Å²) in [6.45, 7) is -0.331. The molecule has 1 aliphatic carbocycles. The van der Waals surface area contributed by atoms with Crippen molar-refractivity contribution in [1.82, 2.24) is 0 Å². The highest BCUT2D eigenvalue weighted by Gasteiger charge is 2.49. The third-order valence-electron chi connectivity index (χ3n) is 5.60. The van der Waals surface area contributed by atoms with Crippen LogP contribution in [0.5, 0.6) is 17.2 Å². The molecule has 0 N–H and O–H groups in total. The van der Waals surface area contributed by atoms with Gasteiger partial charge in [0.2, 0.25) is 11.5 Å². The molecule has 0 saturated carbocycles. The number of anilines is 1. The Morgan fingerprint density at radius 1 is 1.00 bits per heavy atom. The number of imide groups is 1. The summed E-state index contributed by atoms with van der Waals surface area (Å²) in [5.74, 6) is -1.30. The number of Topliss-reactive ketones (excluding diaryl/α,β-unsaturated/α-hetero) is 1. The van der Waals surface area contributed by atoms with Crippen molar-refractivity contribution in [3.63, 3.8) is 0 Å². The zero-order chi connectivity index (χ0) is 24.4. The zero-order valence-corrected chi connectivity index (χ0v) is 18.8. The number of ketones is 1. The molecule has 2 aromatic carbocycles. The van der Waals surface area contributed by atoms with E-state index in [9.17, 15) is 18.8 Å². The lowest BCUT2D eigenvalue weighted by atomic mass is 9.94. The quantitative estimate of drug-likeness (QED) is 0.460. The van der Waals surface area contributed by atoms with Crippen molar-refractivity contribution in [3.8, 4) is 17.2 Å². The second-order valence-corrected chi connectivity index (χ2v) is 7.50. The predicted octanol–water partition coefficient (Wildman–Crippen LogP) is 3.40. The van der Waals surface area contributed by atoms with E-state index in [-0.39, 0.29) is 29.3 Å². The van der Waals surface area contributed by atoms with Crippen LogP contribution < -0.4 is 19.1 Å². The van der Waals surface area contributed by atoms with Crippen molar-refractivity contribution in [2.75, 3.05) is 32.8 Å². The van der Waals surface area contributed by atoms with E-state index in [1.807, 2.05) is 0 Å². The Morgan fingerprint density at radius 3 is 2.24 bits per heavy atom. The Bertz CT molecular complexity index is 1240. The molecule has 34 heavy (non-hydrogen) atoms. The third kappa shape index (κ3) is 3.96. The average molecular weight is 465 g/mol. The lowest BCUT2D eigenvalue weighted by Crippen LogP contribution is -2.55. The molecule has 0 aromatic heterocycles. The van der Waals surface area contributed by atoms with Crippen LogP contribution in [0, 0.1) is 11.7 Å². The first-order valence-corrected chi connectivity index (χ1v) is 10.4. The Kier molecular flexibility index (Phi) is 6.27. The summed E-state index contributed by atoms with van der Waals surface area (Å²) in [6, 6.07) is 7.34. The van der Waals surface area contributed by atoms with Gasteiger partial charge in [0.1, 0.15) is 23.1 Å². The first-order chi connectivity index (χ1) is 16.4. The van der Waals surface area contributed by atoms with Gasteiger partial charge in [-0.15, -0.1) is 4.90 Å². The molecule has 3 amide bonds. The molecule has 1 heterocycles. The molecular formula is C25H22FN2O6+. The molecular weight excluding hydrogens is 443 g/mol. The number of allylic oxidation sites excluding steroid dienone is 3. The van der Waals surface area contributed by atoms with Crippen LogP contribution in [0.1, 0.15) is 10.4 Å². The minimum Gasteiger partial charge on any atom is -0.493 e. The van der Waals surface area contributed by atoms with E-state index in [1.54, 1.807) is 24.3 Å². The van der Waals surface area contributed by atoms with Gasteiger partial charge in [-0.3, -0.25) is 4.79 Å². The highest BCUT2D eigenvalue weighted by molar-refractivity contribution is 6.26. The number of halogens is 1. The number of nitrogens with zero attached hydrogens (tertiary/aromatic N) is 2. The topological polar surface area (TPSA) is 85.2 Å². The predicted molar refractivity (Wildman–Crippen MR) is 122 cm³/mol. The number of rotatable bonds is 7. The molecule has 1 aliphatic heterocycles. The van der Waals surface area contributed by atoms with Gasteiger partial charge in [0.05, 0.1) is 21.3 Å². The summed E-state index contributed by atoms with van der Waals surface area (Å²) in [5, 5.41) is 0. The highest BCUT2D eigenvalue weighted by atomic mass is 19.1. The first-order valence-electron chi connectivity index (χ1n) is 10.4. The van der Waals surface area contributed by atoms with E-state index in [0.717, 1.165) is 4.90 Å². The Balaban J connectivity index is 1.79. The number of hydrogen-bond acceptors (Lipinski definition) is 6. The molecule has 0 bridgehead atoms. The summed E-state index contributed by atoms with van der Waals surface area (Å²) in [5.41, 5.74) is 0.834. The molecule has 0 spiro atoms. The number of ether oxygens (including phenoxy) is 3. The van der Waals surface area contributed by atoms with Crippen LogP contribution in [0.25, 0.3) is 0 Å². The minimum absolute atomic E-state index is 0.200. The fraction of sp³-hybridized carbons (Fsp3) is 0.200.